The fourth-order valence-corrected chi connectivity index (χ4v) is 1.33. The molecule has 0 amide bonds. The summed E-state index contributed by atoms with van der Waals surface area (Å²) in [5.74, 6) is -0.236. The van der Waals surface area contributed by atoms with Gasteiger partial charge in [0, 0.05) is 0 Å². The van der Waals surface area contributed by atoms with Gasteiger partial charge in [-0.25, -0.2) is 0 Å². The molecule has 0 bridgehead atoms. The maximum Gasteiger partial charge on any atom is 0.320 e. The molecule has 0 saturated heterocycles. The Morgan fingerprint density at radius 1 is 1.60 bits per heavy atom. The zero-order valence-electron chi connectivity index (χ0n) is 8.86. The lowest BCUT2D eigenvalue weighted by Crippen LogP contribution is -2.32. The molecule has 4 heteroatoms. The lowest BCUT2D eigenvalue weighted by Gasteiger charge is -2.09. The average molecular weight is 209 g/mol. The van der Waals surface area contributed by atoms with Gasteiger partial charge >= 0.3 is 5.97 Å². The van der Waals surface area contributed by atoms with Crippen LogP contribution in [0.3, 0.4) is 0 Å². The molecule has 82 valence electrons. The van der Waals surface area contributed by atoms with Gasteiger partial charge in [-0.05, 0) is 30.5 Å². The molecule has 1 aromatic rings. The van der Waals surface area contributed by atoms with Crippen LogP contribution < -0.4 is 10.5 Å². The minimum absolute atomic E-state index is 0.311. The second kappa shape index (κ2) is 4.79. The van der Waals surface area contributed by atoms with E-state index >= 15 is 0 Å². The second-order valence-electron chi connectivity index (χ2n) is 3.45. The largest absolute Gasteiger partial charge is 0.496 e. The van der Waals surface area contributed by atoms with Crippen molar-refractivity contribution >= 4 is 5.97 Å². The summed E-state index contributed by atoms with van der Waals surface area (Å²) in [5, 5.41) is 8.67. The van der Waals surface area contributed by atoms with Gasteiger partial charge in [-0.2, -0.15) is 0 Å². The minimum atomic E-state index is -0.991. The highest BCUT2D eigenvalue weighted by atomic mass is 16.5. The number of rotatable bonds is 4. The van der Waals surface area contributed by atoms with E-state index in [1.807, 2.05) is 25.1 Å². The maximum atomic E-state index is 10.6. The van der Waals surface area contributed by atoms with Crippen molar-refractivity contribution in [2.45, 2.75) is 19.4 Å². The van der Waals surface area contributed by atoms with Crippen LogP contribution in [0.2, 0.25) is 0 Å². The van der Waals surface area contributed by atoms with Gasteiger partial charge in [-0.1, -0.05) is 12.1 Å². The van der Waals surface area contributed by atoms with Crippen molar-refractivity contribution in [1.82, 2.24) is 0 Å². The number of carboxylic acid groups (broad SMARTS) is 1. The van der Waals surface area contributed by atoms with Crippen molar-refractivity contribution in [3.05, 3.63) is 29.3 Å². The Morgan fingerprint density at radius 3 is 2.80 bits per heavy atom. The highest BCUT2D eigenvalue weighted by molar-refractivity contribution is 5.73. The number of benzene rings is 1. The van der Waals surface area contributed by atoms with Crippen LogP contribution in [0, 0.1) is 6.92 Å². The number of hydrogen-bond acceptors (Lipinski definition) is 3. The molecule has 0 fully saturated rings. The van der Waals surface area contributed by atoms with Gasteiger partial charge in [0.2, 0.25) is 0 Å². The second-order valence-corrected chi connectivity index (χ2v) is 3.45. The Balaban J connectivity index is 2.83. The third kappa shape index (κ3) is 2.95. The van der Waals surface area contributed by atoms with Crippen LogP contribution in [0.25, 0.3) is 0 Å². The Labute approximate surface area is 88.7 Å². The molecule has 4 nitrogen and oxygen atoms in total. The van der Waals surface area contributed by atoms with Gasteiger partial charge in [-0.15, -0.1) is 0 Å². The topological polar surface area (TPSA) is 72.5 Å². The monoisotopic (exact) mass is 209 g/mol. The zero-order chi connectivity index (χ0) is 11.4. The Hall–Kier alpha value is -1.55. The van der Waals surface area contributed by atoms with Gasteiger partial charge in [0.25, 0.3) is 0 Å². The quantitative estimate of drug-likeness (QED) is 0.774. The number of nitrogens with two attached hydrogens (primary N) is 1. The van der Waals surface area contributed by atoms with Gasteiger partial charge < -0.3 is 15.6 Å². The van der Waals surface area contributed by atoms with E-state index in [1.165, 1.54) is 0 Å². The van der Waals surface area contributed by atoms with Crippen LogP contribution in [0.4, 0.5) is 0 Å². The molecule has 0 spiro atoms. The summed E-state index contributed by atoms with van der Waals surface area (Å²) in [4.78, 5) is 10.6. The lowest BCUT2D eigenvalue weighted by molar-refractivity contribution is -0.138. The third-order valence-electron chi connectivity index (χ3n) is 2.25. The molecule has 0 radical (unpaired) electrons. The standard InChI is InChI=1S/C11H15NO3/c1-7-3-4-8(6-10(7)15-2)5-9(12)11(13)14/h3-4,6,9H,5,12H2,1-2H3,(H,13,14)/t9-/m0/s1. The molecule has 15 heavy (non-hydrogen) atoms. The SMILES string of the molecule is COc1cc(C[C@H](N)C(=O)O)ccc1C. The van der Waals surface area contributed by atoms with E-state index in [4.69, 9.17) is 15.6 Å². The molecule has 0 heterocycles. The van der Waals surface area contributed by atoms with Crippen LogP contribution in [0.5, 0.6) is 5.75 Å². The number of hydrogen-bond donors (Lipinski definition) is 2. The number of aliphatic carboxylic acids is 1. The van der Waals surface area contributed by atoms with Crippen LogP contribution in [0.15, 0.2) is 18.2 Å². The molecule has 0 saturated carbocycles. The first-order chi connectivity index (χ1) is 7.04. The summed E-state index contributed by atoms with van der Waals surface area (Å²) in [6.07, 6.45) is 0.311. The number of carbonyl (C=O) groups is 1. The van der Waals surface area contributed by atoms with Crippen LogP contribution in [-0.2, 0) is 11.2 Å². The van der Waals surface area contributed by atoms with E-state index in [9.17, 15) is 4.79 Å². The molecule has 0 aliphatic heterocycles. The first kappa shape index (κ1) is 11.5. The van der Waals surface area contributed by atoms with Crippen LogP contribution >= 0.6 is 0 Å². The van der Waals surface area contributed by atoms with Crippen molar-refractivity contribution in [3.8, 4) is 5.75 Å². The molecule has 1 aromatic carbocycles. The van der Waals surface area contributed by atoms with Gasteiger partial charge in [0.15, 0.2) is 0 Å². The van der Waals surface area contributed by atoms with Crippen molar-refractivity contribution in [1.29, 1.82) is 0 Å². The van der Waals surface area contributed by atoms with E-state index in [2.05, 4.69) is 0 Å². The molecule has 3 N–H and O–H groups in total. The predicted molar refractivity (Wildman–Crippen MR) is 57.0 cm³/mol. The fraction of sp³-hybridized carbons (Fsp3) is 0.364. The number of ether oxygens (including phenoxy) is 1. The number of carboxylic acids is 1. The Kier molecular flexibility index (Phi) is 3.68. The fourth-order valence-electron chi connectivity index (χ4n) is 1.33. The highest BCUT2D eigenvalue weighted by Crippen LogP contribution is 2.19. The van der Waals surface area contributed by atoms with Crippen molar-refractivity contribution in [3.63, 3.8) is 0 Å². The van der Waals surface area contributed by atoms with Crippen molar-refractivity contribution in [2.75, 3.05) is 7.11 Å². The maximum absolute atomic E-state index is 10.6. The molecular weight excluding hydrogens is 194 g/mol. The third-order valence-corrected chi connectivity index (χ3v) is 2.25. The predicted octanol–water partition coefficient (Wildman–Crippen LogP) is 0.958. The molecule has 0 unspecified atom stereocenters. The molecule has 0 aliphatic carbocycles. The number of methoxy groups -OCH3 is 1. The van der Waals surface area contributed by atoms with E-state index in [-0.39, 0.29) is 0 Å². The Bertz CT molecular complexity index is 363. The minimum Gasteiger partial charge on any atom is -0.496 e. The highest BCUT2D eigenvalue weighted by Gasteiger charge is 2.12. The summed E-state index contributed by atoms with van der Waals surface area (Å²) in [6.45, 7) is 1.93. The van der Waals surface area contributed by atoms with Gasteiger partial charge in [-0.3, -0.25) is 4.79 Å². The molecule has 0 aromatic heterocycles. The van der Waals surface area contributed by atoms with Gasteiger partial charge in [0.05, 0.1) is 7.11 Å². The number of aryl methyl sites for hydroxylation is 1. The zero-order valence-corrected chi connectivity index (χ0v) is 8.86. The van der Waals surface area contributed by atoms with Crippen molar-refractivity contribution < 1.29 is 14.6 Å². The smallest absolute Gasteiger partial charge is 0.320 e. The van der Waals surface area contributed by atoms with Crippen LogP contribution in [0.1, 0.15) is 11.1 Å². The first-order valence-corrected chi connectivity index (χ1v) is 4.66. The molecular formula is C11H15NO3. The summed E-state index contributed by atoms with van der Waals surface area (Å²) in [6, 6.07) is 4.71. The van der Waals surface area contributed by atoms with E-state index in [0.29, 0.717) is 6.42 Å². The molecule has 0 aliphatic rings. The summed E-state index contributed by atoms with van der Waals surface area (Å²) < 4.78 is 5.14. The Morgan fingerprint density at radius 2 is 2.27 bits per heavy atom. The molecule has 1 atom stereocenters. The van der Waals surface area contributed by atoms with Gasteiger partial charge in [0.1, 0.15) is 11.8 Å². The van der Waals surface area contributed by atoms with Crippen LogP contribution in [-0.4, -0.2) is 24.2 Å². The first-order valence-electron chi connectivity index (χ1n) is 4.66. The van der Waals surface area contributed by atoms with E-state index < -0.39 is 12.0 Å². The summed E-state index contributed by atoms with van der Waals surface area (Å²) >= 11 is 0. The lowest BCUT2D eigenvalue weighted by atomic mass is 10.0. The molecule has 1 rings (SSSR count). The van der Waals surface area contributed by atoms with Crippen molar-refractivity contribution in [2.24, 2.45) is 5.73 Å². The normalized spacial score (nSPS) is 12.2. The van der Waals surface area contributed by atoms with E-state index in [1.54, 1.807) is 7.11 Å². The van der Waals surface area contributed by atoms with E-state index in [0.717, 1.165) is 16.9 Å². The summed E-state index contributed by atoms with van der Waals surface area (Å²) in [7, 11) is 1.59. The summed E-state index contributed by atoms with van der Waals surface area (Å²) in [5.41, 5.74) is 7.32. The average Bonchev–Trinajstić information content (AvgIpc) is 2.20.